The maximum atomic E-state index is 10.9. The molecule has 98 valence electrons. The lowest BCUT2D eigenvalue weighted by molar-refractivity contribution is 0.0697. The second kappa shape index (κ2) is 4.59. The molecule has 4 heteroatoms. The van der Waals surface area contributed by atoms with Crippen LogP contribution >= 0.6 is 0 Å². The number of pyridine rings is 1. The standard InChI is InChI=1S/C14H20N2O2/c1-14(2,3)11-5-7-16(9-11)12-8-10(13(17)18)4-6-15-12/h4,6,8,11H,5,7,9H2,1-3H3,(H,17,18). The van der Waals surface area contributed by atoms with Crippen LogP contribution in [-0.4, -0.2) is 29.1 Å². The summed E-state index contributed by atoms with van der Waals surface area (Å²) in [5.41, 5.74) is 0.596. The number of rotatable bonds is 2. The van der Waals surface area contributed by atoms with Crippen LogP contribution in [-0.2, 0) is 0 Å². The SMILES string of the molecule is CC(C)(C)C1CCN(c2cc(C(=O)O)ccn2)C1. The fraction of sp³-hybridized carbons (Fsp3) is 0.571. The van der Waals surface area contributed by atoms with Gasteiger partial charge in [-0.1, -0.05) is 20.8 Å². The van der Waals surface area contributed by atoms with Crippen LogP contribution in [0.4, 0.5) is 5.82 Å². The van der Waals surface area contributed by atoms with Gasteiger partial charge in [0.25, 0.3) is 0 Å². The molecule has 1 aliphatic heterocycles. The van der Waals surface area contributed by atoms with E-state index >= 15 is 0 Å². The summed E-state index contributed by atoms with van der Waals surface area (Å²) in [5, 5.41) is 8.99. The predicted octanol–water partition coefficient (Wildman–Crippen LogP) is 2.65. The first-order valence-electron chi connectivity index (χ1n) is 6.32. The van der Waals surface area contributed by atoms with E-state index in [1.165, 1.54) is 6.07 Å². The Bertz CT molecular complexity index is 451. The van der Waals surface area contributed by atoms with Crippen LogP contribution in [0.15, 0.2) is 18.3 Å². The van der Waals surface area contributed by atoms with Crippen molar-refractivity contribution in [3.05, 3.63) is 23.9 Å². The Morgan fingerprint density at radius 1 is 1.50 bits per heavy atom. The predicted molar refractivity (Wildman–Crippen MR) is 71.0 cm³/mol. The van der Waals surface area contributed by atoms with Gasteiger partial charge in [-0.2, -0.15) is 0 Å². The van der Waals surface area contributed by atoms with E-state index in [2.05, 4.69) is 30.7 Å². The van der Waals surface area contributed by atoms with Crippen molar-refractivity contribution in [2.45, 2.75) is 27.2 Å². The molecule has 0 amide bonds. The summed E-state index contributed by atoms with van der Waals surface area (Å²) >= 11 is 0. The zero-order valence-corrected chi connectivity index (χ0v) is 11.2. The monoisotopic (exact) mass is 248 g/mol. The molecule has 1 aromatic rings. The smallest absolute Gasteiger partial charge is 0.335 e. The van der Waals surface area contributed by atoms with E-state index in [0.29, 0.717) is 16.9 Å². The molecule has 0 saturated carbocycles. The molecule has 1 atom stereocenters. The van der Waals surface area contributed by atoms with Crippen LogP contribution in [0.25, 0.3) is 0 Å². The van der Waals surface area contributed by atoms with E-state index in [4.69, 9.17) is 5.11 Å². The van der Waals surface area contributed by atoms with Crippen molar-refractivity contribution >= 4 is 11.8 Å². The van der Waals surface area contributed by atoms with Crippen LogP contribution in [0.3, 0.4) is 0 Å². The van der Waals surface area contributed by atoms with E-state index < -0.39 is 5.97 Å². The largest absolute Gasteiger partial charge is 0.478 e. The summed E-state index contributed by atoms with van der Waals surface area (Å²) in [6.45, 7) is 8.67. The van der Waals surface area contributed by atoms with E-state index in [-0.39, 0.29) is 0 Å². The topological polar surface area (TPSA) is 53.4 Å². The van der Waals surface area contributed by atoms with Crippen molar-refractivity contribution in [1.29, 1.82) is 0 Å². The Kier molecular flexibility index (Phi) is 3.28. The summed E-state index contributed by atoms with van der Waals surface area (Å²) < 4.78 is 0. The van der Waals surface area contributed by atoms with Gasteiger partial charge in [-0.15, -0.1) is 0 Å². The normalized spacial score (nSPS) is 20.2. The van der Waals surface area contributed by atoms with Gasteiger partial charge in [0.1, 0.15) is 5.82 Å². The molecule has 1 saturated heterocycles. The zero-order valence-electron chi connectivity index (χ0n) is 11.2. The van der Waals surface area contributed by atoms with Gasteiger partial charge in [0.2, 0.25) is 0 Å². The number of hydrogen-bond donors (Lipinski definition) is 1. The van der Waals surface area contributed by atoms with Gasteiger partial charge in [0.05, 0.1) is 5.56 Å². The molecule has 18 heavy (non-hydrogen) atoms. The summed E-state index contributed by atoms with van der Waals surface area (Å²) in [4.78, 5) is 17.4. The fourth-order valence-electron chi connectivity index (χ4n) is 2.40. The summed E-state index contributed by atoms with van der Waals surface area (Å²) in [7, 11) is 0. The third kappa shape index (κ3) is 2.63. The Morgan fingerprint density at radius 3 is 2.78 bits per heavy atom. The van der Waals surface area contributed by atoms with Crippen molar-refractivity contribution in [3.8, 4) is 0 Å². The highest BCUT2D eigenvalue weighted by molar-refractivity contribution is 5.88. The van der Waals surface area contributed by atoms with E-state index in [9.17, 15) is 4.79 Å². The summed E-state index contributed by atoms with van der Waals surface area (Å²) in [6.07, 6.45) is 2.71. The number of anilines is 1. The highest BCUT2D eigenvalue weighted by Gasteiger charge is 2.32. The van der Waals surface area contributed by atoms with Crippen molar-refractivity contribution in [3.63, 3.8) is 0 Å². The molecular formula is C14H20N2O2. The highest BCUT2D eigenvalue weighted by Crippen LogP contribution is 2.35. The van der Waals surface area contributed by atoms with Crippen molar-refractivity contribution < 1.29 is 9.90 Å². The van der Waals surface area contributed by atoms with Crippen molar-refractivity contribution in [2.24, 2.45) is 11.3 Å². The first kappa shape index (κ1) is 12.9. The van der Waals surface area contributed by atoms with Crippen LogP contribution in [0.2, 0.25) is 0 Å². The van der Waals surface area contributed by atoms with E-state index in [0.717, 1.165) is 25.3 Å². The maximum Gasteiger partial charge on any atom is 0.335 e. The average molecular weight is 248 g/mol. The number of carbonyl (C=O) groups is 1. The van der Waals surface area contributed by atoms with Crippen LogP contribution in [0, 0.1) is 11.3 Å². The Hall–Kier alpha value is -1.58. The molecule has 2 rings (SSSR count). The molecule has 1 aliphatic rings. The maximum absolute atomic E-state index is 10.9. The fourth-order valence-corrected chi connectivity index (χ4v) is 2.40. The molecule has 1 fully saturated rings. The Balaban J connectivity index is 2.14. The summed E-state index contributed by atoms with van der Waals surface area (Å²) in [6, 6.07) is 3.19. The van der Waals surface area contributed by atoms with Crippen molar-refractivity contribution in [2.75, 3.05) is 18.0 Å². The molecule has 1 aromatic heterocycles. The third-order valence-corrected chi connectivity index (χ3v) is 3.73. The zero-order chi connectivity index (χ0) is 13.3. The second-order valence-electron chi connectivity index (χ2n) is 6.01. The molecule has 4 nitrogen and oxygen atoms in total. The van der Waals surface area contributed by atoms with Crippen LogP contribution in [0.5, 0.6) is 0 Å². The van der Waals surface area contributed by atoms with Gasteiger partial charge < -0.3 is 10.0 Å². The minimum Gasteiger partial charge on any atom is -0.478 e. The molecule has 0 bridgehead atoms. The first-order chi connectivity index (χ1) is 8.38. The van der Waals surface area contributed by atoms with Crippen LogP contribution in [0.1, 0.15) is 37.6 Å². The number of carboxylic acid groups (broad SMARTS) is 1. The lowest BCUT2D eigenvalue weighted by atomic mass is 9.80. The van der Waals surface area contributed by atoms with Gasteiger partial charge >= 0.3 is 5.97 Å². The number of nitrogens with zero attached hydrogens (tertiary/aromatic N) is 2. The molecule has 0 aliphatic carbocycles. The molecule has 0 radical (unpaired) electrons. The lowest BCUT2D eigenvalue weighted by Crippen LogP contribution is -2.26. The number of hydrogen-bond acceptors (Lipinski definition) is 3. The lowest BCUT2D eigenvalue weighted by Gasteiger charge is -2.27. The number of aromatic nitrogens is 1. The minimum absolute atomic E-state index is 0.291. The molecule has 0 spiro atoms. The van der Waals surface area contributed by atoms with Gasteiger partial charge in [-0.05, 0) is 29.9 Å². The van der Waals surface area contributed by atoms with Gasteiger partial charge in [-0.25, -0.2) is 9.78 Å². The van der Waals surface area contributed by atoms with Crippen molar-refractivity contribution in [1.82, 2.24) is 4.98 Å². The van der Waals surface area contributed by atoms with E-state index in [1.807, 2.05) is 0 Å². The number of carboxylic acids is 1. The first-order valence-corrected chi connectivity index (χ1v) is 6.32. The molecule has 2 heterocycles. The molecule has 0 aromatic carbocycles. The average Bonchev–Trinajstić information content (AvgIpc) is 2.78. The van der Waals surface area contributed by atoms with Gasteiger partial charge in [0, 0.05) is 19.3 Å². The van der Waals surface area contributed by atoms with Gasteiger partial charge in [0.15, 0.2) is 0 Å². The molecular weight excluding hydrogens is 228 g/mol. The highest BCUT2D eigenvalue weighted by atomic mass is 16.4. The second-order valence-corrected chi connectivity index (χ2v) is 6.01. The Labute approximate surface area is 108 Å². The third-order valence-electron chi connectivity index (χ3n) is 3.73. The minimum atomic E-state index is -0.898. The number of aromatic carboxylic acids is 1. The molecule has 1 N–H and O–H groups in total. The Morgan fingerprint density at radius 2 is 2.22 bits per heavy atom. The summed E-state index contributed by atoms with van der Waals surface area (Å²) in [5.74, 6) is 0.514. The quantitative estimate of drug-likeness (QED) is 0.874. The van der Waals surface area contributed by atoms with E-state index in [1.54, 1.807) is 12.3 Å². The van der Waals surface area contributed by atoms with Crippen LogP contribution < -0.4 is 4.90 Å². The van der Waals surface area contributed by atoms with Gasteiger partial charge in [-0.3, -0.25) is 0 Å². The molecule has 1 unspecified atom stereocenters.